The summed E-state index contributed by atoms with van der Waals surface area (Å²) < 4.78 is 5.25. The minimum atomic E-state index is -0.00579. The quantitative estimate of drug-likeness (QED) is 0.844. The second-order valence-corrected chi connectivity index (χ2v) is 5.12. The number of methoxy groups -OCH3 is 1. The van der Waals surface area contributed by atoms with E-state index < -0.39 is 0 Å². The summed E-state index contributed by atoms with van der Waals surface area (Å²) in [6.45, 7) is 5.27. The van der Waals surface area contributed by atoms with Gasteiger partial charge in [-0.15, -0.1) is 0 Å². The molecule has 1 rings (SSSR count). The fourth-order valence-electron chi connectivity index (χ4n) is 1.98. The summed E-state index contributed by atoms with van der Waals surface area (Å²) in [5, 5.41) is 0. The first-order valence-electron chi connectivity index (χ1n) is 7.15. The van der Waals surface area contributed by atoms with Gasteiger partial charge in [0.1, 0.15) is 5.75 Å². The number of carbonyl (C=O) groups is 1. The van der Waals surface area contributed by atoms with Gasteiger partial charge in [-0.25, -0.2) is 0 Å². The zero-order chi connectivity index (χ0) is 15.8. The van der Waals surface area contributed by atoms with Gasteiger partial charge in [0.05, 0.1) is 19.2 Å². The van der Waals surface area contributed by atoms with E-state index in [9.17, 15) is 4.79 Å². The lowest BCUT2D eigenvalue weighted by atomic mass is 10.1. The Bertz CT molecular complexity index is 543. The topological polar surface area (TPSA) is 55.6 Å². The molecule has 0 radical (unpaired) electrons. The van der Waals surface area contributed by atoms with Crippen LogP contribution in [0.3, 0.4) is 0 Å². The van der Waals surface area contributed by atoms with Crippen LogP contribution in [0.15, 0.2) is 18.2 Å². The lowest BCUT2D eigenvalue weighted by Gasteiger charge is -2.21. The number of hydrogen-bond acceptors (Lipinski definition) is 3. The summed E-state index contributed by atoms with van der Waals surface area (Å²) in [7, 11) is 3.41. The Labute approximate surface area is 127 Å². The molecule has 1 atom stereocenters. The van der Waals surface area contributed by atoms with E-state index in [0.29, 0.717) is 22.8 Å². The van der Waals surface area contributed by atoms with Gasteiger partial charge in [-0.1, -0.05) is 32.1 Å². The van der Waals surface area contributed by atoms with Crippen LogP contribution in [0.25, 0.3) is 0 Å². The van der Waals surface area contributed by atoms with Crippen molar-refractivity contribution >= 4 is 5.91 Å². The number of nitrogens with zero attached hydrogens (tertiary/aromatic N) is 1. The van der Waals surface area contributed by atoms with E-state index in [1.54, 1.807) is 30.2 Å². The fraction of sp³-hybridized carbons (Fsp3) is 0.471. The van der Waals surface area contributed by atoms with E-state index in [-0.39, 0.29) is 12.5 Å². The van der Waals surface area contributed by atoms with Crippen LogP contribution in [-0.4, -0.2) is 38.1 Å². The van der Waals surface area contributed by atoms with E-state index in [4.69, 9.17) is 10.5 Å². The molecule has 0 spiro atoms. The summed E-state index contributed by atoms with van der Waals surface area (Å²) in [4.78, 5) is 14.2. The largest absolute Gasteiger partial charge is 0.495 e. The van der Waals surface area contributed by atoms with Crippen LogP contribution in [0.2, 0.25) is 0 Å². The Morgan fingerprint density at radius 2 is 2.19 bits per heavy atom. The maximum absolute atomic E-state index is 12.4. The first kappa shape index (κ1) is 17.1. The van der Waals surface area contributed by atoms with Crippen molar-refractivity contribution in [2.75, 3.05) is 27.2 Å². The average molecular weight is 288 g/mol. The molecule has 0 heterocycles. The van der Waals surface area contributed by atoms with Gasteiger partial charge in [0.25, 0.3) is 5.91 Å². The molecule has 2 N–H and O–H groups in total. The van der Waals surface area contributed by atoms with E-state index in [1.807, 2.05) is 7.05 Å². The van der Waals surface area contributed by atoms with Gasteiger partial charge < -0.3 is 15.4 Å². The Morgan fingerprint density at radius 3 is 2.76 bits per heavy atom. The number of benzene rings is 1. The number of ether oxygens (including phenoxy) is 1. The number of amides is 1. The standard InChI is InChI=1S/C17H24N2O2/c1-5-13(2)12-19(3)17(20)15-8-9-16(21-4)14(11-15)7-6-10-18/h8-9,11,13H,5,10,12,18H2,1-4H3. The zero-order valence-electron chi connectivity index (χ0n) is 13.3. The molecule has 1 amide bonds. The smallest absolute Gasteiger partial charge is 0.253 e. The van der Waals surface area contributed by atoms with Crippen LogP contribution in [0.1, 0.15) is 36.2 Å². The Hall–Kier alpha value is -1.99. The molecule has 1 aromatic rings. The molecular formula is C17H24N2O2. The molecule has 0 aliphatic carbocycles. The second kappa shape index (κ2) is 8.33. The zero-order valence-corrected chi connectivity index (χ0v) is 13.3. The molecule has 0 aliphatic rings. The van der Waals surface area contributed by atoms with Crippen molar-refractivity contribution in [3.8, 4) is 17.6 Å². The summed E-state index contributed by atoms with van der Waals surface area (Å²) in [5.41, 5.74) is 6.69. The summed E-state index contributed by atoms with van der Waals surface area (Å²) in [6.07, 6.45) is 1.05. The van der Waals surface area contributed by atoms with Crippen molar-refractivity contribution < 1.29 is 9.53 Å². The molecule has 1 unspecified atom stereocenters. The Morgan fingerprint density at radius 1 is 1.48 bits per heavy atom. The van der Waals surface area contributed by atoms with Gasteiger partial charge in [-0.2, -0.15) is 0 Å². The summed E-state index contributed by atoms with van der Waals surface area (Å²) in [6, 6.07) is 5.30. The number of nitrogens with two attached hydrogens (primary N) is 1. The highest BCUT2D eigenvalue weighted by Crippen LogP contribution is 2.20. The molecule has 114 valence electrons. The molecule has 0 aliphatic heterocycles. The van der Waals surface area contributed by atoms with Crippen LogP contribution >= 0.6 is 0 Å². The lowest BCUT2D eigenvalue weighted by molar-refractivity contribution is 0.0775. The minimum absolute atomic E-state index is 0.00579. The maximum Gasteiger partial charge on any atom is 0.253 e. The number of carbonyl (C=O) groups excluding carboxylic acids is 1. The van der Waals surface area contributed by atoms with Crippen molar-refractivity contribution in [3.05, 3.63) is 29.3 Å². The van der Waals surface area contributed by atoms with E-state index >= 15 is 0 Å². The summed E-state index contributed by atoms with van der Waals surface area (Å²) in [5.74, 6) is 6.85. The highest BCUT2D eigenvalue weighted by Gasteiger charge is 2.15. The van der Waals surface area contributed by atoms with Crippen LogP contribution < -0.4 is 10.5 Å². The van der Waals surface area contributed by atoms with Crippen molar-refractivity contribution in [1.82, 2.24) is 4.90 Å². The lowest BCUT2D eigenvalue weighted by Crippen LogP contribution is -2.30. The molecular weight excluding hydrogens is 264 g/mol. The van der Waals surface area contributed by atoms with Gasteiger partial charge in [0.2, 0.25) is 0 Å². The SMILES string of the molecule is CCC(C)CN(C)C(=O)c1ccc(OC)c(C#CCN)c1. The monoisotopic (exact) mass is 288 g/mol. The minimum Gasteiger partial charge on any atom is -0.495 e. The van der Waals surface area contributed by atoms with Crippen LogP contribution in [0.4, 0.5) is 0 Å². The van der Waals surface area contributed by atoms with Crippen molar-refractivity contribution in [1.29, 1.82) is 0 Å². The van der Waals surface area contributed by atoms with Crippen LogP contribution in [0, 0.1) is 17.8 Å². The highest BCUT2D eigenvalue weighted by molar-refractivity contribution is 5.94. The van der Waals surface area contributed by atoms with Gasteiger partial charge in [0, 0.05) is 19.2 Å². The van der Waals surface area contributed by atoms with Gasteiger partial charge in [-0.3, -0.25) is 4.79 Å². The first-order valence-corrected chi connectivity index (χ1v) is 7.15. The van der Waals surface area contributed by atoms with Gasteiger partial charge in [0.15, 0.2) is 0 Å². The molecule has 0 saturated carbocycles. The third-order valence-electron chi connectivity index (χ3n) is 3.40. The Balaban J connectivity index is 3.00. The Kier molecular flexibility index (Phi) is 6.77. The molecule has 1 aromatic carbocycles. The van der Waals surface area contributed by atoms with E-state index in [1.165, 1.54) is 0 Å². The van der Waals surface area contributed by atoms with Gasteiger partial charge in [-0.05, 0) is 24.1 Å². The van der Waals surface area contributed by atoms with E-state index in [2.05, 4.69) is 25.7 Å². The molecule has 0 bridgehead atoms. The molecule has 4 heteroatoms. The predicted molar refractivity (Wildman–Crippen MR) is 85.3 cm³/mol. The van der Waals surface area contributed by atoms with Crippen molar-refractivity contribution in [3.63, 3.8) is 0 Å². The normalized spacial score (nSPS) is 11.3. The summed E-state index contributed by atoms with van der Waals surface area (Å²) >= 11 is 0. The third-order valence-corrected chi connectivity index (χ3v) is 3.40. The molecule has 0 fully saturated rings. The predicted octanol–water partition coefficient (Wildman–Crippen LogP) is 2.12. The average Bonchev–Trinajstić information content (AvgIpc) is 2.51. The molecule has 4 nitrogen and oxygen atoms in total. The van der Waals surface area contributed by atoms with Gasteiger partial charge >= 0.3 is 0 Å². The first-order chi connectivity index (χ1) is 10.0. The number of rotatable bonds is 5. The van der Waals surface area contributed by atoms with Crippen molar-refractivity contribution in [2.45, 2.75) is 20.3 Å². The number of hydrogen-bond donors (Lipinski definition) is 1. The highest BCUT2D eigenvalue weighted by atomic mass is 16.5. The van der Waals surface area contributed by atoms with Crippen molar-refractivity contribution in [2.24, 2.45) is 11.7 Å². The van der Waals surface area contributed by atoms with Crippen LogP contribution in [-0.2, 0) is 0 Å². The van der Waals surface area contributed by atoms with Crippen LogP contribution in [0.5, 0.6) is 5.75 Å². The molecule has 0 aromatic heterocycles. The van der Waals surface area contributed by atoms with E-state index in [0.717, 1.165) is 13.0 Å². The maximum atomic E-state index is 12.4. The molecule has 0 saturated heterocycles. The third kappa shape index (κ3) is 4.80. The molecule has 21 heavy (non-hydrogen) atoms. The fourth-order valence-corrected chi connectivity index (χ4v) is 1.98. The second-order valence-electron chi connectivity index (χ2n) is 5.12.